The Labute approximate surface area is 99.7 Å². The topological polar surface area (TPSA) is 95.5 Å². The van der Waals surface area contributed by atoms with Crippen LogP contribution in [0, 0.1) is 0 Å². The molecule has 17 heavy (non-hydrogen) atoms. The third-order valence-corrected chi connectivity index (χ3v) is 3.61. The van der Waals surface area contributed by atoms with E-state index in [0.717, 1.165) is 6.07 Å². The number of carboxylic acids is 1. The molecule has 0 fully saturated rings. The minimum Gasteiger partial charge on any atom is -0.478 e. The summed E-state index contributed by atoms with van der Waals surface area (Å²) in [6.07, 6.45) is 0. The fraction of sp³-hybridized carbons (Fsp3) is 0.300. The first-order valence-electron chi connectivity index (χ1n) is 4.97. The van der Waals surface area contributed by atoms with Gasteiger partial charge in [0.1, 0.15) is 4.90 Å². The van der Waals surface area contributed by atoms with E-state index in [1.165, 1.54) is 19.2 Å². The Hall–Kier alpha value is -1.60. The lowest BCUT2D eigenvalue weighted by atomic mass is 10.2. The number of hydrogen-bond acceptors (Lipinski definition) is 4. The molecule has 0 heterocycles. The van der Waals surface area contributed by atoms with Gasteiger partial charge in [-0.15, -0.1) is 0 Å². The Bertz CT molecular complexity index is 525. The summed E-state index contributed by atoms with van der Waals surface area (Å²) in [6.45, 7) is 2.36. The second-order valence-corrected chi connectivity index (χ2v) is 5.11. The van der Waals surface area contributed by atoms with Gasteiger partial charge in [0.05, 0.1) is 11.3 Å². The molecule has 1 aromatic carbocycles. The van der Waals surface area contributed by atoms with Gasteiger partial charge in [0.2, 0.25) is 10.0 Å². The number of rotatable bonds is 5. The van der Waals surface area contributed by atoms with Gasteiger partial charge in [-0.3, -0.25) is 0 Å². The maximum Gasteiger partial charge on any atom is 0.335 e. The maximum absolute atomic E-state index is 11.7. The molecule has 0 unspecified atom stereocenters. The van der Waals surface area contributed by atoms with E-state index in [-0.39, 0.29) is 10.5 Å². The number of anilines is 1. The van der Waals surface area contributed by atoms with Crippen molar-refractivity contribution in [2.24, 2.45) is 0 Å². The summed E-state index contributed by atoms with van der Waals surface area (Å²) in [5.41, 5.74) is 0.312. The molecule has 94 valence electrons. The molecule has 0 saturated carbocycles. The Morgan fingerprint density at radius 1 is 1.41 bits per heavy atom. The molecule has 0 atom stereocenters. The largest absolute Gasteiger partial charge is 0.478 e. The molecule has 7 heteroatoms. The number of nitrogens with one attached hydrogen (secondary N) is 2. The molecule has 3 N–H and O–H groups in total. The predicted molar refractivity (Wildman–Crippen MR) is 63.8 cm³/mol. The zero-order chi connectivity index (χ0) is 13.1. The highest BCUT2D eigenvalue weighted by atomic mass is 32.2. The number of benzene rings is 1. The summed E-state index contributed by atoms with van der Waals surface area (Å²) in [5, 5.41) is 11.7. The molecule has 0 saturated heterocycles. The molecule has 0 aliphatic heterocycles. The van der Waals surface area contributed by atoms with Gasteiger partial charge in [-0.05, 0) is 32.2 Å². The molecular formula is C10H14N2O4S. The number of carboxylic acid groups (broad SMARTS) is 1. The maximum atomic E-state index is 11.7. The molecule has 0 bridgehead atoms. The molecule has 1 rings (SSSR count). The molecule has 6 nitrogen and oxygen atoms in total. The highest BCUT2D eigenvalue weighted by molar-refractivity contribution is 7.89. The van der Waals surface area contributed by atoms with Gasteiger partial charge in [-0.2, -0.15) is 0 Å². The fourth-order valence-corrected chi connectivity index (χ4v) is 2.26. The van der Waals surface area contributed by atoms with Crippen LogP contribution in [-0.4, -0.2) is 33.1 Å². The first-order chi connectivity index (χ1) is 7.92. The van der Waals surface area contributed by atoms with Crippen molar-refractivity contribution in [3.63, 3.8) is 0 Å². The van der Waals surface area contributed by atoms with Crippen LogP contribution in [0.4, 0.5) is 5.69 Å². The van der Waals surface area contributed by atoms with Crippen molar-refractivity contribution in [1.29, 1.82) is 0 Å². The Balaban J connectivity index is 3.40. The van der Waals surface area contributed by atoms with Crippen LogP contribution in [0.3, 0.4) is 0 Å². The van der Waals surface area contributed by atoms with Crippen LogP contribution in [0.2, 0.25) is 0 Å². The Morgan fingerprint density at radius 2 is 2.06 bits per heavy atom. The summed E-state index contributed by atoms with van der Waals surface area (Å²) in [5.74, 6) is -1.17. The van der Waals surface area contributed by atoms with Gasteiger partial charge in [0.25, 0.3) is 0 Å². The Morgan fingerprint density at radius 3 is 2.53 bits per heavy atom. The monoisotopic (exact) mass is 258 g/mol. The zero-order valence-electron chi connectivity index (χ0n) is 9.52. The molecule has 0 aromatic heterocycles. The number of aromatic carboxylic acids is 1. The molecule has 0 amide bonds. The van der Waals surface area contributed by atoms with E-state index in [0.29, 0.717) is 12.2 Å². The smallest absolute Gasteiger partial charge is 0.335 e. The van der Waals surface area contributed by atoms with Gasteiger partial charge >= 0.3 is 5.97 Å². The van der Waals surface area contributed by atoms with Crippen molar-refractivity contribution in [3.8, 4) is 0 Å². The molecule has 0 radical (unpaired) electrons. The highest BCUT2D eigenvalue weighted by Gasteiger charge is 2.18. The molecular weight excluding hydrogens is 244 g/mol. The lowest BCUT2D eigenvalue weighted by Crippen LogP contribution is -2.20. The van der Waals surface area contributed by atoms with Crippen LogP contribution < -0.4 is 10.0 Å². The van der Waals surface area contributed by atoms with E-state index in [9.17, 15) is 13.2 Å². The van der Waals surface area contributed by atoms with Gasteiger partial charge < -0.3 is 10.4 Å². The molecule has 0 aliphatic carbocycles. The summed E-state index contributed by atoms with van der Waals surface area (Å²) >= 11 is 0. The van der Waals surface area contributed by atoms with Crippen LogP contribution in [-0.2, 0) is 10.0 Å². The quantitative estimate of drug-likeness (QED) is 0.723. The van der Waals surface area contributed by atoms with Crippen LogP contribution in [0.5, 0.6) is 0 Å². The van der Waals surface area contributed by atoms with E-state index < -0.39 is 16.0 Å². The van der Waals surface area contributed by atoms with Gasteiger partial charge in [0, 0.05) is 6.54 Å². The van der Waals surface area contributed by atoms with Crippen LogP contribution in [0.1, 0.15) is 17.3 Å². The molecule has 0 spiro atoms. The molecule has 0 aliphatic rings. The van der Waals surface area contributed by atoms with Crippen LogP contribution in [0.15, 0.2) is 23.1 Å². The lowest BCUT2D eigenvalue weighted by Gasteiger charge is -2.11. The fourth-order valence-electron chi connectivity index (χ4n) is 1.32. The van der Waals surface area contributed by atoms with E-state index in [2.05, 4.69) is 10.0 Å². The minimum atomic E-state index is -3.68. The van der Waals surface area contributed by atoms with Crippen molar-refractivity contribution in [2.75, 3.05) is 18.9 Å². The second-order valence-electron chi connectivity index (χ2n) is 3.25. The van der Waals surface area contributed by atoms with Crippen molar-refractivity contribution in [3.05, 3.63) is 23.8 Å². The van der Waals surface area contributed by atoms with Crippen LogP contribution in [0.25, 0.3) is 0 Å². The summed E-state index contributed by atoms with van der Waals surface area (Å²) in [6, 6.07) is 3.93. The van der Waals surface area contributed by atoms with Crippen LogP contribution >= 0.6 is 0 Å². The van der Waals surface area contributed by atoms with Crippen molar-refractivity contribution in [2.45, 2.75) is 11.8 Å². The van der Waals surface area contributed by atoms with Gasteiger partial charge in [-0.1, -0.05) is 0 Å². The van der Waals surface area contributed by atoms with Gasteiger partial charge in [0.15, 0.2) is 0 Å². The third-order valence-electron chi connectivity index (χ3n) is 2.15. The predicted octanol–water partition coefficient (Wildman–Crippen LogP) is 0.725. The first kappa shape index (κ1) is 13.5. The zero-order valence-corrected chi connectivity index (χ0v) is 10.3. The number of sulfonamides is 1. The van der Waals surface area contributed by atoms with Gasteiger partial charge in [-0.25, -0.2) is 17.9 Å². The summed E-state index contributed by atoms with van der Waals surface area (Å²) < 4.78 is 25.6. The van der Waals surface area contributed by atoms with Crippen molar-refractivity contribution >= 4 is 21.7 Å². The second kappa shape index (κ2) is 5.15. The van der Waals surface area contributed by atoms with Crippen molar-refractivity contribution < 1.29 is 18.3 Å². The van der Waals surface area contributed by atoms with E-state index >= 15 is 0 Å². The van der Waals surface area contributed by atoms with E-state index in [4.69, 9.17) is 5.11 Å². The average molecular weight is 258 g/mol. The number of carbonyl (C=O) groups is 1. The summed E-state index contributed by atoms with van der Waals surface area (Å²) in [4.78, 5) is 10.7. The lowest BCUT2D eigenvalue weighted by molar-refractivity contribution is 0.0696. The van der Waals surface area contributed by atoms with Crippen molar-refractivity contribution in [1.82, 2.24) is 4.72 Å². The van der Waals surface area contributed by atoms with E-state index in [1.54, 1.807) is 0 Å². The highest BCUT2D eigenvalue weighted by Crippen LogP contribution is 2.22. The average Bonchev–Trinajstić information content (AvgIpc) is 2.29. The third kappa shape index (κ3) is 2.95. The molecule has 1 aromatic rings. The Kier molecular flexibility index (Phi) is 4.08. The normalized spacial score (nSPS) is 11.2. The summed E-state index contributed by atoms with van der Waals surface area (Å²) in [7, 11) is -2.41. The first-order valence-corrected chi connectivity index (χ1v) is 6.45. The standard InChI is InChI=1S/C10H14N2O4S/c1-3-12-8-5-4-7(10(13)14)6-9(8)17(15,16)11-2/h4-6,11-12H,3H2,1-2H3,(H,13,14). The SMILES string of the molecule is CCNc1ccc(C(=O)O)cc1S(=O)(=O)NC. The minimum absolute atomic E-state index is 0.0678. The number of hydrogen-bond donors (Lipinski definition) is 3. The van der Waals surface area contributed by atoms with E-state index in [1.807, 2.05) is 6.92 Å².